The SMILES string of the molecule is COc1nc(Br)cc(Oc2cc(C)cc(Cl)c2)c1Cl. The molecule has 0 fully saturated rings. The highest BCUT2D eigenvalue weighted by atomic mass is 79.9. The monoisotopic (exact) mass is 361 g/mol. The molecule has 0 aliphatic rings. The van der Waals surface area contributed by atoms with Crippen molar-refractivity contribution in [3.63, 3.8) is 0 Å². The van der Waals surface area contributed by atoms with Crippen LogP contribution in [0.4, 0.5) is 0 Å². The molecule has 0 aliphatic carbocycles. The molecule has 0 saturated carbocycles. The predicted molar refractivity (Wildman–Crippen MR) is 79.8 cm³/mol. The van der Waals surface area contributed by atoms with Gasteiger partial charge >= 0.3 is 0 Å². The number of nitrogens with zero attached hydrogens (tertiary/aromatic N) is 1. The van der Waals surface area contributed by atoms with E-state index in [1.54, 1.807) is 12.1 Å². The Bertz CT molecular complexity index is 600. The highest BCUT2D eigenvalue weighted by molar-refractivity contribution is 9.10. The highest BCUT2D eigenvalue weighted by Gasteiger charge is 2.13. The van der Waals surface area contributed by atoms with Crippen molar-refractivity contribution in [3.8, 4) is 17.4 Å². The van der Waals surface area contributed by atoms with Gasteiger partial charge in [0.15, 0.2) is 5.75 Å². The van der Waals surface area contributed by atoms with Crippen LogP contribution in [0, 0.1) is 6.92 Å². The van der Waals surface area contributed by atoms with Gasteiger partial charge in [-0.1, -0.05) is 23.2 Å². The number of aryl methyl sites for hydroxylation is 1. The number of hydrogen-bond donors (Lipinski definition) is 0. The molecule has 0 saturated heterocycles. The third kappa shape index (κ3) is 3.53. The van der Waals surface area contributed by atoms with Crippen LogP contribution >= 0.6 is 39.1 Å². The van der Waals surface area contributed by atoms with Crippen LogP contribution in [0.1, 0.15) is 5.56 Å². The minimum Gasteiger partial charge on any atom is -0.480 e. The average molecular weight is 363 g/mol. The van der Waals surface area contributed by atoms with Crippen molar-refractivity contribution in [1.29, 1.82) is 0 Å². The maximum absolute atomic E-state index is 6.14. The zero-order chi connectivity index (χ0) is 14.0. The summed E-state index contributed by atoms with van der Waals surface area (Å²) in [6, 6.07) is 7.09. The fourth-order valence-electron chi connectivity index (χ4n) is 1.55. The Morgan fingerprint density at radius 2 is 1.89 bits per heavy atom. The number of benzene rings is 1. The number of methoxy groups -OCH3 is 1. The first-order valence-corrected chi connectivity index (χ1v) is 6.89. The molecular formula is C13H10BrCl2NO2. The summed E-state index contributed by atoms with van der Waals surface area (Å²) in [6.45, 7) is 1.93. The van der Waals surface area contributed by atoms with Gasteiger partial charge in [0.25, 0.3) is 0 Å². The Morgan fingerprint density at radius 1 is 1.16 bits per heavy atom. The Balaban J connectivity index is 2.40. The summed E-state index contributed by atoms with van der Waals surface area (Å²) in [5.74, 6) is 1.35. The fourth-order valence-corrected chi connectivity index (χ4v) is 2.41. The van der Waals surface area contributed by atoms with Crippen molar-refractivity contribution in [2.45, 2.75) is 6.92 Å². The topological polar surface area (TPSA) is 31.4 Å². The minimum atomic E-state index is 0.296. The second-order valence-corrected chi connectivity index (χ2v) is 5.46. The number of pyridine rings is 1. The largest absolute Gasteiger partial charge is 0.480 e. The van der Waals surface area contributed by atoms with E-state index < -0.39 is 0 Å². The summed E-state index contributed by atoms with van der Waals surface area (Å²) in [4.78, 5) is 4.09. The third-order valence-corrected chi connectivity index (χ3v) is 3.27. The zero-order valence-corrected chi connectivity index (χ0v) is 13.3. The number of ether oxygens (including phenoxy) is 2. The summed E-state index contributed by atoms with van der Waals surface area (Å²) in [7, 11) is 1.49. The van der Waals surface area contributed by atoms with Crippen LogP contribution in [0.2, 0.25) is 10.0 Å². The second kappa shape index (κ2) is 5.99. The van der Waals surface area contributed by atoms with Crippen molar-refractivity contribution >= 4 is 39.1 Å². The number of hydrogen-bond acceptors (Lipinski definition) is 3. The van der Waals surface area contributed by atoms with Crippen molar-refractivity contribution in [2.24, 2.45) is 0 Å². The Kier molecular flexibility index (Phi) is 4.55. The van der Waals surface area contributed by atoms with Crippen LogP contribution < -0.4 is 9.47 Å². The molecule has 1 aromatic heterocycles. The number of aromatic nitrogens is 1. The summed E-state index contributed by atoms with van der Waals surface area (Å²) in [6.07, 6.45) is 0. The van der Waals surface area contributed by atoms with E-state index in [0.29, 0.717) is 32.0 Å². The zero-order valence-electron chi connectivity index (χ0n) is 10.2. The quantitative estimate of drug-likeness (QED) is 0.698. The minimum absolute atomic E-state index is 0.296. The van der Waals surface area contributed by atoms with Gasteiger partial charge in [-0.25, -0.2) is 4.98 Å². The molecule has 0 amide bonds. The molecule has 100 valence electrons. The van der Waals surface area contributed by atoms with E-state index in [1.165, 1.54) is 7.11 Å². The third-order valence-electron chi connectivity index (χ3n) is 2.30. The van der Waals surface area contributed by atoms with Crippen molar-refractivity contribution < 1.29 is 9.47 Å². The number of rotatable bonds is 3. The highest BCUT2D eigenvalue weighted by Crippen LogP contribution is 2.37. The summed E-state index contributed by atoms with van der Waals surface area (Å²) in [5.41, 5.74) is 0.999. The van der Waals surface area contributed by atoms with Crippen molar-refractivity contribution in [2.75, 3.05) is 7.11 Å². The van der Waals surface area contributed by atoms with Gasteiger partial charge in [-0.15, -0.1) is 0 Å². The van der Waals surface area contributed by atoms with Gasteiger partial charge in [-0.2, -0.15) is 0 Å². The van der Waals surface area contributed by atoms with E-state index in [9.17, 15) is 0 Å². The van der Waals surface area contributed by atoms with Gasteiger partial charge in [-0.05, 0) is 46.6 Å². The summed E-state index contributed by atoms with van der Waals surface area (Å²) < 4.78 is 11.4. The van der Waals surface area contributed by atoms with Crippen LogP contribution in [-0.4, -0.2) is 12.1 Å². The molecule has 1 aromatic carbocycles. The predicted octanol–water partition coefficient (Wildman–Crippen LogP) is 5.26. The standard InChI is InChI=1S/C13H10BrCl2NO2/c1-7-3-8(15)5-9(4-7)19-10-6-11(14)17-13(18-2)12(10)16/h3-6H,1-2H3. The molecule has 0 N–H and O–H groups in total. The fraction of sp³-hybridized carbons (Fsp3) is 0.154. The molecule has 6 heteroatoms. The molecule has 2 aromatic rings. The normalized spacial score (nSPS) is 10.4. The Morgan fingerprint density at radius 3 is 2.53 bits per heavy atom. The molecule has 1 heterocycles. The number of halogens is 3. The van der Waals surface area contributed by atoms with Crippen molar-refractivity contribution in [1.82, 2.24) is 4.98 Å². The molecule has 0 unspecified atom stereocenters. The molecule has 0 spiro atoms. The van der Waals surface area contributed by atoms with E-state index >= 15 is 0 Å². The van der Waals surface area contributed by atoms with Gasteiger partial charge in [-0.3, -0.25) is 0 Å². The molecule has 3 nitrogen and oxygen atoms in total. The van der Waals surface area contributed by atoms with Gasteiger partial charge in [0, 0.05) is 11.1 Å². The summed E-state index contributed by atoms with van der Waals surface area (Å²) in [5, 5.41) is 0.912. The maximum Gasteiger partial charge on any atom is 0.237 e. The van der Waals surface area contributed by atoms with Gasteiger partial charge in [0.1, 0.15) is 15.4 Å². The second-order valence-electron chi connectivity index (χ2n) is 3.83. The van der Waals surface area contributed by atoms with Crippen LogP contribution in [0.15, 0.2) is 28.9 Å². The smallest absolute Gasteiger partial charge is 0.237 e. The van der Waals surface area contributed by atoms with E-state index in [-0.39, 0.29) is 0 Å². The lowest BCUT2D eigenvalue weighted by Crippen LogP contribution is -1.93. The van der Waals surface area contributed by atoms with Crippen molar-refractivity contribution in [3.05, 3.63) is 44.5 Å². The lowest BCUT2D eigenvalue weighted by atomic mass is 10.2. The Labute approximate surface area is 129 Å². The van der Waals surface area contributed by atoms with Crippen LogP contribution in [-0.2, 0) is 0 Å². The van der Waals surface area contributed by atoms with Crippen LogP contribution in [0.3, 0.4) is 0 Å². The average Bonchev–Trinajstić information content (AvgIpc) is 2.32. The van der Waals surface area contributed by atoms with E-state index in [0.717, 1.165) is 5.56 Å². The van der Waals surface area contributed by atoms with Crippen LogP contribution in [0.25, 0.3) is 0 Å². The van der Waals surface area contributed by atoms with E-state index in [2.05, 4.69) is 20.9 Å². The van der Waals surface area contributed by atoms with E-state index in [4.69, 9.17) is 32.7 Å². The van der Waals surface area contributed by atoms with Gasteiger partial charge in [0.2, 0.25) is 5.88 Å². The van der Waals surface area contributed by atoms with Gasteiger partial charge < -0.3 is 9.47 Å². The van der Waals surface area contributed by atoms with Crippen LogP contribution in [0.5, 0.6) is 17.4 Å². The molecule has 0 aliphatic heterocycles. The first kappa shape index (κ1) is 14.4. The molecular weight excluding hydrogens is 353 g/mol. The lowest BCUT2D eigenvalue weighted by Gasteiger charge is -2.11. The molecule has 0 radical (unpaired) electrons. The molecule has 0 bridgehead atoms. The first-order valence-electron chi connectivity index (χ1n) is 5.34. The maximum atomic E-state index is 6.14. The Hall–Kier alpha value is -0.970. The lowest BCUT2D eigenvalue weighted by molar-refractivity contribution is 0.391. The molecule has 19 heavy (non-hydrogen) atoms. The van der Waals surface area contributed by atoms with Gasteiger partial charge in [0.05, 0.1) is 7.11 Å². The summed E-state index contributed by atoms with van der Waals surface area (Å²) >= 11 is 15.4. The van der Waals surface area contributed by atoms with E-state index in [1.807, 2.05) is 19.1 Å². The molecule has 0 atom stereocenters. The molecule has 2 rings (SSSR count). The first-order chi connectivity index (χ1) is 8.99.